The lowest BCUT2D eigenvalue weighted by Crippen LogP contribution is -2.22. The highest BCUT2D eigenvalue weighted by atomic mass is 16.3. The Morgan fingerprint density at radius 3 is 2.88 bits per heavy atom. The first-order valence-electron chi connectivity index (χ1n) is 8.86. The normalized spacial score (nSPS) is 26.0. The zero-order chi connectivity index (χ0) is 17.0. The molecule has 2 aliphatic heterocycles. The zero-order valence-electron chi connectivity index (χ0n) is 14.0. The topological polar surface area (TPSA) is 68.4 Å². The van der Waals surface area contributed by atoms with Crippen LogP contribution in [0.4, 0.5) is 5.69 Å². The second kappa shape index (κ2) is 5.58. The minimum Gasteiger partial charge on any atom is -0.392 e. The highest BCUT2D eigenvalue weighted by Crippen LogP contribution is 2.45. The first-order chi connectivity index (χ1) is 12.2. The third-order valence-corrected chi connectivity index (χ3v) is 5.57. The largest absolute Gasteiger partial charge is 0.392 e. The van der Waals surface area contributed by atoms with Gasteiger partial charge in [-0.1, -0.05) is 6.07 Å². The van der Waals surface area contributed by atoms with Crippen molar-refractivity contribution in [2.24, 2.45) is 11.8 Å². The van der Waals surface area contributed by atoms with Crippen LogP contribution in [0.15, 0.2) is 30.5 Å². The molecule has 0 radical (unpaired) electrons. The molecule has 3 aliphatic rings. The summed E-state index contributed by atoms with van der Waals surface area (Å²) in [5.41, 5.74) is 5.32. The lowest BCUT2D eigenvalue weighted by Gasteiger charge is -2.15. The third-order valence-electron chi connectivity index (χ3n) is 5.57. The molecule has 1 unspecified atom stereocenters. The number of amides is 1. The van der Waals surface area contributed by atoms with E-state index in [2.05, 4.69) is 21.3 Å². The van der Waals surface area contributed by atoms with Crippen LogP contribution >= 0.6 is 0 Å². The summed E-state index contributed by atoms with van der Waals surface area (Å²) in [6, 6.07) is 7.68. The number of aromatic amines is 1. The van der Waals surface area contributed by atoms with E-state index < -0.39 is 0 Å². The molecule has 1 aromatic carbocycles. The summed E-state index contributed by atoms with van der Waals surface area (Å²) in [6.45, 7) is 3.37. The Labute approximate surface area is 146 Å². The fourth-order valence-corrected chi connectivity index (χ4v) is 4.14. The number of hydrogen-bond acceptors (Lipinski definition) is 3. The van der Waals surface area contributed by atoms with Crippen molar-refractivity contribution in [3.63, 3.8) is 0 Å². The molecule has 0 bridgehead atoms. The van der Waals surface area contributed by atoms with Gasteiger partial charge in [-0.25, -0.2) is 0 Å². The zero-order valence-corrected chi connectivity index (χ0v) is 14.0. The van der Waals surface area contributed by atoms with Crippen molar-refractivity contribution in [1.82, 2.24) is 9.88 Å². The van der Waals surface area contributed by atoms with Crippen LogP contribution in [0.2, 0.25) is 0 Å². The van der Waals surface area contributed by atoms with E-state index in [0.717, 1.165) is 40.8 Å². The Morgan fingerprint density at radius 1 is 1.24 bits per heavy atom. The van der Waals surface area contributed by atoms with Gasteiger partial charge in [-0.05, 0) is 53.7 Å². The average molecular weight is 335 g/mol. The summed E-state index contributed by atoms with van der Waals surface area (Å²) in [5, 5.41) is 12.2. The van der Waals surface area contributed by atoms with E-state index in [1.54, 1.807) is 0 Å². The van der Waals surface area contributed by atoms with Gasteiger partial charge in [-0.15, -0.1) is 0 Å². The fourth-order valence-electron chi connectivity index (χ4n) is 4.14. The van der Waals surface area contributed by atoms with Gasteiger partial charge in [0.25, 0.3) is 5.91 Å². The number of nitrogens with zero attached hydrogens (tertiary/aromatic N) is 1. The summed E-state index contributed by atoms with van der Waals surface area (Å²) in [5.74, 6) is 1.79. The van der Waals surface area contributed by atoms with Crippen LogP contribution in [-0.4, -0.2) is 34.0 Å². The predicted molar refractivity (Wildman–Crippen MR) is 96.5 cm³/mol. The van der Waals surface area contributed by atoms with Crippen molar-refractivity contribution in [3.05, 3.63) is 52.8 Å². The smallest absolute Gasteiger partial charge is 0.256 e. The third kappa shape index (κ3) is 2.69. The minimum absolute atomic E-state index is 0.0269. The average Bonchev–Trinajstić information content (AvgIpc) is 2.95. The van der Waals surface area contributed by atoms with Crippen molar-refractivity contribution in [2.45, 2.75) is 19.6 Å². The maximum Gasteiger partial charge on any atom is 0.256 e. The maximum atomic E-state index is 12.3. The number of fused-ring (bicyclic) bond motifs is 2. The van der Waals surface area contributed by atoms with Gasteiger partial charge in [-0.3, -0.25) is 9.69 Å². The van der Waals surface area contributed by atoms with Crippen molar-refractivity contribution in [3.8, 4) is 0 Å². The van der Waals surface area contributed by atoms with Crippen molar-refractivity contribution in [2.75, 3.05) is 18.4 Å². The van der Waals surface area contributed by atoms with E-state index >= 15 is 0 Å². The number of H-pyrrole nitrogens is 1. The Balaban J connectivity index is 1.38. The van der Waals surface area contributed by atoms with Crippen LogP contribution in [-0.2, 0) is 17.9 Å². The van der Waals surface area contributed by atoms with Gasteiger partial charge in [0, 0.05) is 48.3 Å². The summed E-state index contributed by atoms with van der Waals surface area (Å²) < 4.78 is 0. The molecular formula is C20H21N3O2. The summed E-state index contributed by atoms with van der Waals surface area (Å²) in [4.78, 5) is 18.1. The molecule has 5 heteroatoms. The number of piperidine rings is 1. The molecule has 1 aliphatic carbocycles. The van der Waals surface area contributed by atoms with Crippen molar-refractivity contribution in [1.29, 1.82) is 0 Å². The molecule has 3 N–H and O–H groups in total. The number of anilines is 1. The first kappa shape index (κ1) is 14.9. The number of rotatable bonds is 4. The number of nitrogens with one attached hydrogen (secondary N) is 2. The van der Waals surface area contributed by atoms with E-state index in [0.29, 0.717) is 5.57 Å². The number of likely N-dealkylation sites (tertiary alicyclic amines) is 1. The molecule has 2 aromatic rings. The number of aliphatic hydroxyl groups is 1. The van der Waals surface area contributed by atoms with Crippen molar-refractivity contribution >= 4 is 23.2 Å². The number of benzene rings is 1. The van der Waals surface area contributed by atoms with E-state index in [4.69, 9.17) is 0 Å². The Kier molecular flexibility index (Phi) is 3.33. The number of hydrogen-bond donors (Lipinski definition) is 3. The molecular weight excluding hydrogens is 314 g/mol. The predicted octanol–water partition coefficient (Wildman–Crippen LogP) is 2.45. The van der Waals surface area contributed by atoms with E-state index in [-0.39, 0.29) is 12.5 Å². The molecule has 1 saturated carbocycles. The summed E-state index contributed by atoms with van der Waals surface area (Å²) in [6.07, 6.45) is 5.30. The number of carbonyl (C=O) groups is 1. The first-order valence-corrected chi connectivity index (χ1v) is 8.86. The molecule has 0 spiro atoms. The molecule has 1 aromatic heterocycles. The van der Waals surface area contributed by atoms with Crippen molar-refractivity contribution < 1.29 is 9.90 Å². The van der Waals surface area contributed by atoms with Crippen LogP contribution in [0.1, 0.15) is 28.8 Å². The van der Waals surface area contributed by atoms with Gasteiger partial charge in [0.2, 0.25) is 0 Å². The number of aromatic nitrogens is 1. The molecule has 2 fully saturated rings. The van der Waals surface area contributed by atoms with Gasteiger partial charge in [0.1, 0.15) is 0 Å². The van der Waals surface area contributed by atoms with E-state index in [9.17, 15) is 9.90 Å². The Morgan fingerprint density at radius 2 is 2.08 bits per heavy atom. The quantitative estimate of drug-likeness (QED) is 0.752. The lowest BCUT2D eigenvalue weighted by atomic mass is 10.0. The van der Waals surface area contributed by atoms with Crippen LogP contribution < -0.4 is 5.32 Å². The van der Waals surface area contributed by atoms with Crippen LogP contribution in [0.25, 0.3) is 11.6 Å². The second-order valence-corrected chi connectivity index (χ2v) is 7.46. The van der Waals surface area contributed by atoms with Gasteiger partial charge in [-0.2, -0.15) is 0 Å². The highest BCUT2D eigenvalue weighted by Gasteiger charge is 2.44. The molecule has 3 heterocycles. The molecule has 128 valence electrons. The van der Waals surface area contributed by atoms with Crippen LogP contribution in [0.5, 0.6) is 0 Å². The molecule has 5 rings (SSSR count). The monoisotopic (exact) mass is 335 g/mol. The van der Waals surface area contributed by atoms with Gasteiger partial charge < -0.3 is 15.4 Å². The lowest BCUT2D eigenvalue weighted by molar-refractivity contribution is -0.110. The van der Waals surface area contributed by atoms with Gasteiger partial charge >= 0.3 is 0 Å². The minimum atomic E-state index is -0.0903. The molecule has 2 atom stereocenters. The summed E-state index contributed by atoms with van der Waals surface area (Å²) in [7, 11) is 0. The molecule has 5 nitrogen and oxygen atoms in total. The molecule has 1 saturated heterocycles. The second-order valence-electron chi connectivity index (χ2n) is 7.46. The summed E-state index contributed by atoms with van der Waals surface area (Å²) >= 11 is 0. The number of carbonyl (C=O) groups excluding carboxylic acids is 1. The van der Waals surface area contributed by atoms with Gasteiger partial charge in [0.05, 0.1) is 6.61 Å². The van der Waals surface area contributed by atoms with Crippen LogP contribution in [0, 0.1) is 11.8 Å². The molecule has 25 heavy (non-hydrogen) atoms. The van der Waals surface area contributed by atoms with Gasteiger partial charge in [0.15, 0.2) is 0 Å². The highest BCUT2D eigenvalue weighted by molar-refractivity contribution is 6.34. The van der Waals surface area contributed by atoms with Crippen LogP contribution in [0.3, 0.4) is 0 Å². The molecule has 1 amide bonds. The Hall–Kier alpha value is -2.37. The SMILES string of the molecule is O=C1Nc2ccc(CO)cc2C1=Cc1c[nH]c(CN2CC3C[C@@H]3C2)c1. The van der Waals surface area contributed by atoms with E-state index in [1.807, 2.05) is 30.5 Å². The standard InChI is InChI=1S/C20H21N3O2/c24-11-12-1-2-19-17(4-12)18(20(25)22-19)5-13-3-16(21-7-13)10-23-8-14-6-15(14)9-23/h1-5,7,14-15,21,24H,6,8-11H2,(H,22,25)/t14-,15?/m1/s1. The Bertz CT molecular complexity index is 873. The number of aliphatic hydroxyl groups excluding tert-OH is 1. The van der Waals surface area contributed by atoms with E-state index in [1.165, 1.54) is 25.2 Å². The fraction of sp³-hybridized carbons (Fsp3) is 0.350. The maximum absolute atomic E-state index is 12.3.